The summed E-state index contributed by atoms with van der Waals surface area (Å²) in [7, 11) is 0. The van der Waals surface area contributed by atoms with Crippen LogP contribution in [0.1, 0.15) is 5.69 Å². The fourth-order valence-corrected chi connectivity index (χ4v) is 1.11. The summed E-state index contributed by atoms with van der Waals surface area (Å²) in [5.41, 5.74) is 6.46. The molecule has 0 unspecified atom stereocenters. The Kier molecular flexibility index (Phi) is 1.81. The molecule has 0 spiro atoms. The Balaban J connectivity index is 2.54. The summed E-state index contributed by atoms with van der Waals surface area (Å²) in [5.74, 6) is 0.289. The second-order valence-corrected chi connectivity index (χ2v) is 2.93. The van der Waals surface area contributed by atoms with E-state index in [-0.39, 0.29) is 11.5 Å². The molecule has 2 rings (SSSR count). The van der Waals surface area contributed by atoms with Crippen molar-refractivity contribution in [3.63, 3.8) is 0 Å². The maximum absolute atomic E-state index is 11.3. The maximum Gasteiger partial charge on any atom is 0.274 e. The normalized spacial score (nSPS) is 10.4. The highest BCUT2D eigenvalue weighted by molar-refractivity contribution is 5.32. The fraction of sp³-hybridized carbons (Fsp3) is 0.125. The maximum atomic E-state index is 11.3. The van der Waals surface area contributed by atoms with Gasteiger partial charge in [-0.15, -0.1) is 0 Å². The Labute approximate surface area is 79.4 Å². The standard InChI is InChI=1S/C8H9N5O/c1-5-2-7(14)13(12-5)8-10-3-6(9)4-11-8/h2-4,12H,9H2,1H3. The topological polar surface area (TPSA) is 89.6 Å². The third kappa shape index (κ3) is 1.37. The Morgan fingerprint density at radius 2 is 2.07 bits per heavy atom. The lowest BCUT2D eigenvalue weighted by molar-refractivity contribution is 0.775. The lowest BCUT2D eigenvalue weighted by Crippen LogP contribution is -2.16. The monoisotopic (exact) mass is 191 g/mol. The van der Waals surface area contributed by atoms with Crippen LogP contribution in [-0.2, 0) is 0 Å². The molecule has 0 radical (unpaired) electrons. The largest absolute Gasteiger partial charge is 0.396 e. The van der Waals surface area contributed by atoms with Gasteiger partial charge in [-0.2, -0.15) is 4.68 Å². The minimum atomic E-state index is -0.188. The van der Waals surface area contributed by atoms with E-state index in [0.29, 0.717) is 5.69 Å². The Morgan fingerprint density at radius 1 is 1.43 bits per heavy atom. The highest BCUT2D eigenvalue weighted by atomic mass is 16.1. The van der Waals surface area contributed by atoms with Gasteiger partial charge in [0, 0.05) is 11.8 Å². The molecule has 14 heavy (non-hydrogen) atoms. The van der Waals surface area contributed by atoms with E-state index in [9.17, 15) is 4.79 Å². The summed E-state index contributed by atoms with van der Waals surface area (Å²) in [6, 6.07) is 1.47. The van der Waals surface area contributed by atoms with E-state index in [1.54, 1.807) is 6.92 Å². The van der Waals surface area contributed by atoms with Crippen LogP contribution in [0.4, 0.5) is 5.69 Å². The molecule has 2 aromatic heterocycles. The third-order valence-corrected chi connectivity index (χ3v) is 1.71. The van der Waals surface area contributed by atoms with Gasteiger partial charge in [0.1, 0.15) is 0 Å². The van der Waals surface area contributed by atoms with E-state index in [4.69, 9.17) is 5.73 Å². The van der Waals surface area contributed by atoms with Crippen molar-refractivity contribution in [3.8, 4) is 5.95 Å². The molecule has 0 atom stereocenters. The van der Waals surface area contributed by atoms with Crippen molar-refractivity contribution in [1.29, 1.82) is 0 Å². The Bertz CT molecular complexity index is 495. The number of rotatable bonds is 1. The number of anilines is 1. The van der Waals surface area contributed by atoms with Crippen LogP contribution in [0.3, 0.4) is 0 Å². The van der Waals surface area contributed by atoms with Crippen LogP contribution in [0.2, 0.25) is 0 Å². The molecule has 2 aromatic rings. The molecule has 0 aromatic carbocycles. The molecule has 72 valence electrons. The van der Waals surface area contributed by atoms with E-state index in [0.717, 1.165) is 5.69 Å². The number of H-pyrrole nitrogens is 1. The van der Waals surface area contributed by atoms with Crippen molar-refractivity contribution in [1.82, 2.24) is 19.7 Å². The molecule has 2 heterocycles. The highest BCUT2D eigenvalue weighted by Gasteiger charge is 2.04. The highest BCUT2D eigenvalue weighted by Crippen LogP contribution is 1.99. The molecule has 0 aliphatic carbocycles. The third-order valence-electron chi connectivity index (χ3n) is 1.71. The Morgan fingerprint density at radius 3 is 2.57 bits per heavy atom. The van der Waals surface area contributed by atoms with Crippen LogP contribution in [0.5, 0.6) is 0 Å². The van der Waals surface area contributed by atoms with E-state index in [1.807, 2.05) is 0 Å². The van der Waals surface area contributed by atoms with Crippen LogP contribution >= 0.6 is 0 Å². The van der Waals surface area contributed by atoms with Crippen LogP contribution < -0.4 is 11.3 Å². The average Bonchev–Trinajstić information content (AvgIpc) is 2.47. The van der Waals surface area contributed by atoms with E-state index >= 15 is 0 Å². The first kappa shape index (κ1) is 8.49. The molecule has 0 bridgehead atoms. The molecular formula is C8H9N5O. The van der Waals surface area contributed by atoms with Crippen LogP contribution in [0.15, 0.2) is 23.3 Å². The van der Waals surface area contributed by atoms with E-state index < -0.39 is 0 Å². The van der Waals surface area contributed by atoms with Gasteiger partial charge in [0.2, 0.25) is 0 Å². The molecule has 0 fully saturated rings. The summed E-state index contributed by atoms with van der Waals surface area (Å²) in [5, 5.41) is 2.82. The first-order valence-electron chi connectivity index (χ1n) is 4.03. The van der Waals surface area contributed by atoms with Crippen molar-refractivity contribution in [2.24, 2.45) is 0 Å². The van der Waals surface area contributed by atoms with E-state index in [1.165, 1.54) is 23.1 Å². The number of nitrogens with zero attached hydrogens (tertiary/aromatic N) is 3. The zero-order valence-corrected chi connectivity index (χ0v) is 7.56. The number of hydrogen-bond acceptors (Lipinski definition) is 4. The zero-order chi connectivity index (χ0) is 10.1. The van der Waals surface area contributed by atoms with Gasteiger partial charge in [-0.05, 0) is 6.92 Å². The SMILES string of the molecule is Cc1cc(=O)n(-c2ncc(N)cn2)[nH]1. The predicted octanol–water partition coefficient (Wildman–Crippen LogP) is -0.154. The van der Waals surface area contributed by atoms with Crippen molar-refractivity contribution in [2.75, 3.05) is 5.73 Å². The van der Waals surface area contributed by atoms with Gasteiger partial charge >= 0.3 is 0 Å². The second kappa shape index (κ2) is 2.99. The van der Waals surface area contributed by atoms with Gasteiger partial charge in [-0.3, -0.25) is 9.89 Å². The van der Waals surface area contributed by atoms with Gasteiger partial charge in [-0.1, -0.05) is 0 Å². The first-order chi connectivity index (χ1) is 6.66. The minimum Gasteiger partial charge on any atom is -0.396 e. The van der Waals surface area contributed by atoms with Gasteiger partial charge < -0.3 is 5.73 Å². The van der Waals surface area contributed by atoms with Crippen molar-refractivity contribution < 1.29 is 0 Å². The summed E-state index contributed by atoms with van der Waals surface area (Å²) in [4.78, 5) is 19.2. The first-order valence-corrected chi connectivity index (χ1v) is 4.03. The predicted molar refractivity (Wildman–Crippen MR) is 51.1 cm³/mol. The lowest BCUT2D eigenvalue weighted by Gasteiger charge is -1.98. The zero-order valence-electron chi connectivity index (χ0n) is 7.56. The number of aromatic nitrogens is 4. The molecule has 0 aliphatic rings. The van der Waals surface area contributed by atoms with Gasteiger partial charge in [0.05, 0.1) is 18.1 Å². The Hall–Kier alpha value is -2.11. The second-order valence-electron chi connectivity index (χ2n) is 2.93. The van der Waals surface area contributed by atoms with Crippen molar-refractivity contribution in [3.05, 3.63) is 34.5 Å². The van der Waals surface area contributed by atoms with Gasteiger partial charge in [0.25, 0.3) is 11.5 Å². The number of aromatic amines is 1. The van der Waals surface area contributed by atoms with Crippen LogP contribution in [0.25, 0.3) is 5.95 Å². The summed E-state index contributed by atoms with van der Waals surface area (Å²) in [6.07, 6.45) is 2.90. The number of nitrogens with two attached hydrogens (primary N) is 1. The fourth-order valence-electron chi connectivity index (χ4n) is 1.11. The van der Waals surface area contributed by atoms with Gasteiger partial charge in [-0.25, -0.2) is 9.97 Å². The van der Waals surface area contributed by atoms with Crippen molar-refractivity contribution in [2.45, 2.75) is 6.92 Å². The van der Waals surface area contributed by atoms with Crippen molar-refractivity contribution >= 4 is 5.69 Å². The molecule has 6 heteroatoms. The number of aryl methyl sites for hydroxylation is 1. The molecular weight excluding hydrogens is 182 g/mol. The number of hydrogen-bond donors (Lipinski definition) is 2. The smallest absolute Gasteiger partial charge is 0.274 e. The molecule has 0 saturated heterocycles. The molecule has 0 amide bonds. The quantitative estimate of drug-likeness (QED) is 0.655. The van der Waals surface area contributed by atoms with E-state index in [2.05, 4.69) is 15.1 Å². The molecule has 0 aliphatic heterocycles. The molecule has 0 saturated carbocycles. The average molecular weight is 191 g/mol. The molecule has 3 N–H and O–H groups in total. The number of nitrogen functional groups attached to an aromatic ring is 1. The summed E-state index contributed by atoms with van der Waals surface area (Å²) in [6.45, 7) is 1.79. The summed E-state index contributed by atoms with van der Waals surface area (Å²) < 4.78 is 1.26. The van der Waals surface area contributed by atoms with Gasteiger partial charge in [0.15, 0.2) is 0 Å². The number of nitrogens with one attached hydrogen (secondary N) is 1. The van der Waals surface area contributed by atoms with Crippen LogP contribution in [-0.4, -0.2) is 19.7 Å². The molecule has 6 nitrogen and oxygen atoms in total. The van der Waals surface area contributed by atoms with Crippen LogP contribution in [0, 0.1) is 6.92 Å². The lowest BCUT2D eigenvalue weighted by atomic mass is 10.5. The minimum absolute atomic E-state index is 0.188. The summed E-state index contributed by atoms with van der Waals surface area (Å²) >= 11 is 0.